The standard InChI is InChI=1S/C16H22N2O2/c1-3-13(14(17)19)18-10-9-16(2,15(18)20)11-12-7-5-4-6-8-12/h4-8,13H,3,9-11H2,1-2H3,(H2,17,19). The summed E-state index contributed by atoms with van der Waals surface area (Å²) in [6.07, 6.45) is 2.05. The summed E-state index contributed by atoms with van der Waals surface area (Å²) in [5.74, 6) is -0.364. The van der Waals surface area contributed by atoms with Crippen molar-refractivity contribution in [1.29, 1.82) is 0 Å². The number of nitrogens with two attached hydrogens (primary N) is 1. The molecule has 2 atom stereocenters. The van der Waals surface area contributed by atoms with Gasteiger partial charge in [0, 0.05) is 6.54 Å². The molecule has 1 aliphatic heterocycles. The zero-order valence-corrected chi connectivity index (χ0v) is 12.1. The first kappa shape index (κ1) is 14.6. The van der Waals surface area contributed by atoms with Gasteiger partial charge in [-0.15, -0.1) is 0 Å². The fourth-order valence-corrected chi connectivity index (χ4v) is 3.01. The van der Waals surface area contributed by atoms with E-state index >= 15 is 0 Å². The van der Waals surface area contributed by atoms with Crippen LogP contribution in [0.25, 0.3) is 0 Å². The van der Waals surface area contributed by atoms with Gasteiger partial charge in [-0.1, -0.05) is 44.2 Å². The fourth-order valence-electron chi connectivity index (χ4n) is 3.01. The molecule has 2 unspecified atom stereocenters. The maximum absolute atomic E-state index is 12.7. The Morgan fingerprint density at radius 3 is 2.60 bits per heavy atom. The maximum atomic E-state index is 12.7. The average Bonchev–Trinajstić information content (AvgIpc) is 2.69. The third-order valence-electron chi connectivity index (χ3n) is 4.21. The van der Waals surface area contributed by atoms with E-state index in [1.165, 1.54) is 0 Å². The maximum Gasteiger partial charge on any atom is 0.240 e. The third kappa shape index (κ3) is 2.69. The second-order valence-corrected chi connectivity index (χ2v) is 5.80. The summed E-state index contributed by atoms with van der Waals surface area (Å²) in [4.78, 5) is 25.8. The lowest BCUT2D eigenvalue weighted by atomic mass is 9.82. The van der Waals surface area contributed by atoms with Crippen molar-refractivity contribution in [2.45, 2.75) is 39.2 Å². The van der Waals surface area contributed by atoms with E-state index in [2.05, 4.69) is 0 Å². The van der Waals surface area contributed by atoms with Crippen molar-refractivity contribution in [1.82, 2.24) is 4.90 Å². The summed E-state index contributed by atoms with van der Waals surface area (Å²) >= 11 is 0. The summed E-state index contributed by atoms with van der Waals surface area (Å²) in [5.41, 5.74) is 6.12. The Labute approximate surface area is 119 Å². The predicted octanol–water partition coefficient (Wildman–Crippen LogP) is 1.73. The van der Waals surface area contributed by atoms with Gasteiger partial charge >= 0.3 is 0 Å². The molecule has 20 heavy (non-hydrogen) atoms. The van der Waals surface area contributed by atoms with Crippen LogP contribution in [0.2, 0.25) is 0 Å². The van der Waals surface area contributed by atoms with E-state index < -0.39 is 17.4 Å². The number of amides is 2. The molecule has 0 radical (unpaired) electrons. The van der Waals surface area contributed by atoms with Crippen LogP contribution in [0.4, 0.5) is 0 Å². The molecule has 1 aromatic rings. The zero-order valence-electron chi connectivity index (χ0n) is 12.1. The Morgan fingerprint density at radius 2 is 2.05 bits per heavy atom. The first-order valence-electron chi connectivity index (χ1n) is 7.12. The first-order chi connectivity index (χ1) is 9.48. The van der Waals surface area contributed by atoms with Crippen LogP contribution in [0.1, 0.15) is 32.3 Å². The predicted molar refractivity (Wildman–Crippen MR) is 77.9 cm³/mol. The van der Waals surface area contributed by atoms with Crippen molar-refractivity contribution in [2.24, 2.45) is 11.1 Å². The van der Waals surface area contributed by atoms with Gasteiger partial charge in [0.15, 0.2) is 0 Å². The van der Waals surface area contributed by atoms with Gasteiger partial charge < -0.3 is 10.6 Å². The smallest absolute Gasteiger partial charge is 0.240 e. The van der Waals surface area contributed by atoms with Gasteiger partial charge in [0.2, 0.25) is 11.8 Å². The Hall–Kier alpha value is -1.84. The summed E-state index contributed by atoms with van der Waals surface area (Å²) < 4.78 is 0. The van der Waals surface area contributed by atoms with Crippen LogP contribution in [-0.4, -0.2) is 29.3 Å². The molecule has 4 nitrogen and oxygen atoms in total. The molecule has 0 aliphatic carbocycles. The normalized spacial score (nSPS) is 23.9. The minimum atomic E-state index is -0.472. The van der Waals surface area contributed by atoms with Gasteiger partial charge in [0.25, 0.3) is 0 Å². The average molecular weight is 274 g/mol. The van der Waals surface area contributed by atoms with E-state index in [1.807, 2.05) is 44.2 Å². The van der Waals surface area contributed by atoms with E-state index in [9.17, 15) is 9.59 Å². The highest BCUT2D eigenvalue weighted by molar-refractivity contribution is 5.90. The number of nitrogens with zero attached hydrogens (tertiary/aromatic N) is 1. The van der Waals surface area contributed by atoms with Gasteiger partial charge in [0.05, 0.1) is 5.41 Å². The van der Waals surface area contributed by atoms with E-state index in [-0.39, 0.29) is 5.91 Å². The Kier molecular flexibility index (Phi) is 4.12. The van der Waals surface area contributed by atoms with Gasteiger partial charge in [-0.3, -0.25) is 9.59 Å². The summed E-state index contributed by atoms with van der Waals surface area (Å²) in [6, 6.07) is 9.52. The van der Waals surface area contributed by atoms with Gasteiger partial charge in [-0.2, -0.15) is 0 Å². The van der Waals surface area contributed by atoms with Crippen LogP contribution in [0.15, 0.2) is 30.3 Å². The molecule has 0 saturated carbocycles. The molecule has 1 fully saturated rings. The van der Waals surface area contributed by atoms with Gasteiger partial charge in [-0.05, 0) is 24.8 Å². The molecule has 2 amide bonds. The highest BCUT2D eigenvalue weighted by atomic mass is 16.2. The van der Waals surface area contributed by atoms with Crippen molar-refractivity contribution in [2.75, 3.05) is 6.54 Å². The van der Waals surface area contributed by atoms with Crippen molar-refractivity contribution in [3.63, 3.8) is 0 Å². The van der Waals surface area contributed by atoms with Crippen molar-refractivity contribution < 1.29 is 9.59 Å². The van der Waals surface area contributed by atoms with E-state index in [1.54, 1.807) is 4.90 Å². The lowest BCUT2D eigenvalue weighted by Crippen LogP contribution is -2.47. The SMILES string of the molecule is CCC(C(N)=O)N1CCC(C)(Cc2ccccc2)C1=O. The minimum absolute atomic E-state index is 0.0482. The molecule has 1 aliphatic rings. The Balaban J connectivity index is 2.15. The van der Waals surface area contributed by atoms with E-state index in [4.69, 9.17) is 5.73 Å². The third-order valence-corrected chi connectivity index (χ3v) is 4.21. The van der Waals surface area contributed by atoms with Crippen molar-refractivity contribution >= 4 is 11.8 Å². The molecule has 108 valence electrons. The quantitative estimate of drug-likeness (QED) is 0.888. The van der Waals surface area contributed by atoms with Crippen LogP contribution >= 0.6 is 0 Å². The van der Waals surface area contributed by atoms with E-state index in [0.717, 1.165) is 12.0 Å². The monoisotopic (exact) mass is 274 g/mol. The number of carbonyl (C=O) groups is 2. The lowest BCUT2D eigenvalue weighted by molar-refractivity contribution is -0.141. The molecule has 1 heterocycles. The number of primary amides is 1. The molecule has 1 aromatic carbocycles. The van der Waals surface area contributed by atoms with Crippen LogP contribution in [0.3, 0.4) is 0 Å². The number of hydrogen-bond donors (Lipinski definition) is 1. The lowest BCUT2D eigenvalue weighted by Gasteiger charge is -2.27. The molecule has 0 bridgehead atoms. The highest BCUT2D eigenvalue weighted by Crippen LogP contribution is 2.36. The number of rotatable bonds is 5. The number of likely N-dealkylation sites (tertiary alicyclic amines) is 1. The Morgan fingerprint density at radius 1 is 1.40 bits per heavy atom. The number of carbonyl (C=O) groups excluding carboxylic acids is 2. The molecule has 2 N–H and O–H groups in total. The fraction of sp³-hybridized carbons (Fsp3) is 0.500. The molecule has 4 heteroatoms. The van der Waals surface area contributed by atoms with E-state index in [0.29, 0.717) is 19.4 Å². The summed E-state index contributed by atoms with van der Waals surface area (Å²) in [5, 5.41) is 0. The number of benzene rings is 1. The van der Waals surface area contributed by atoms with Crippen LogP contribution in [0, 0.1) is 5.41 Å². The topological polar surface area (TPSA) is 63.4 Å². The molecule has 2 rings (SSSR count). The van der Waals surface area contributed by atoms with Gasteiger partial charge in [-0.25, -0.2) is 0 Å². The molecule has 0 spiro atoms. The highest BCUT2D eigenvalue weighted by Gasteiger charge is 2.45. The molecular weight excluding hydrogens is 252 g/mol. The van der Waals surface area contributed by atoms with Crippen LogP contribution < -0.4 is 5.73 Å². The molecule has 0 aromatic heterocycles. The Bertz CT molecular complexity index is 500. The summed E-state index contributed by atoms with van der Waals surface area (Å²) in [7, 11) is 0. The zero-order chi connectivity index (χ0) is 14.8. The molecule has 1 saturated heterocycles. The van der Waals surface area contributed by atoms with Gasteiger partial charge in [0.1, 0.15) is 6.04 Å². The largest absolute Gasteiger partial charge is 0.368 e. The van der Waals surface area contributed by atoms with Crippen molar-refractivity contribution in [3.05, 3.63) is 35.9 Å². The van der Waals surface area contributed by atoms with Crippen LogP contribution in [-0.2, 0) is 16.0 Å². The van der Waals surface area contributed by atoms with Crippen molar-refractivity contribution in [3.8, 4) is 0 Å². The molecular formula is C16H22N2O2. The number of hydrogen-bond acceptors (Lipinski definition) is 2. The second kappa shape index (κ2) is 5.65. The first-order valence-corrected chi connectivity index (χ1v) is 7.12. The minimum Gasteiger partial charge on any atom is -0.368 e. The summed E-state index contributed by atoms with van der Waals surface area (Å²) in [6.45, 7) is 4.48. The second-order valence-electron chi connectivity index (χ2n) is 5.80. The van der Waals surface area contributed by atoms with Crippen LogP contribution in [0.5, 0.6) is 0 Å².